The van der Waals surface area contributed by atoms with Crippen molar-refractivity contribution in [3.05, 3.63) is 54.0 Å². The van der Waals surface area contributed by atoms with Crippen LogP contribution in [0.5, 0.6) is 5.88 Å². The zero-order chi connectivity index (χ0) is 15.4. The Morgan fingerprint density at radius 1 is 1.41 bits per heavy atom. The molecule has 0 bridgehead atoms. The Labute approximate surface area is 130 Å². The fraction of sp³-hybridized carbons (Fsp3) is 0.353. The van der Waals surface area contributed by atoms with Gasteiger partial charge in [-0.2, -0.15) is 0 Å². The van der Waals surface area contributed by atoms with Gasteiger partial charge >= 0.3 is 0 Å². The first kappa shape index (κ1) is 14.5. The van der Waals surface area contributed by atoms with Gasteiger partial charge in [0.05, 0.1) is 13.0 Å². The number of ether oxygens (including phenoxy) is 1. The Morgan fingerprint density at radius 3 is 3.09 bits per heavy atom. The van der Waals surface area contributed by atoms with Gasteiger partial charge in [-0.25, -0.2) is 9.97 Å². The highest BCUT2D eigenvalue weighted by atomic mass is 16.5. The first-order valence-electron chi connectivity index (χ1n) is 7.47. The van der Waals surface area contributed by atoms with Gasteiger partial charge in [0.25, 0.3) is 0 Å². The monoisotopic (exact) mass is 297 g/mol. The number of hydrogen-bond acceptors (Lipinski definition) is 4. The molecule has 0 N–H and O–H groups in total. The molecule has 2 heterocycles. The van der Waals surface area contributed by atoms with E-state index >= 15 is 0 Å². The van der Waals surface area contributed by atoms with Gasteiger partial charge in [-0.05, 0) is 12.5 Å². The molecule has 1 fully saturated rings. The van der Waals surface area contributed by atoms with E-state index in [9.17, 15) is 4.79 Å². The molecule has 22 heavy (non-hydrogen) atoms. The van der Waals surface area contributed by atoms with Gasteiger partial charge in [0.2, 0.25) is 11.8 Å². The van der Waals surface area contributed by atoms with Gasteiger partial charge in [-0.1, -0.05) is 29.8 Å². The second kappa shape index (κ2) is 6.56. The van der Waals surface area contributed by atoms with Crippen molar-refractivity contribution in [3.8, 4) is 5.88 Å². The lowest BCUT2D eigenvalue weighted by atomic mass is 10.1. The number of likely N-dealkylation sites (tertiary alicyclic amines) is 1. The highest BCUT2D eigenvalue weighted by molar-refractivity contribution is 5.79. The zero-order valence-electron chi connectivity index (χ0n) is 12.6. The average Bonchev–Trinajstić information content (AvgIpc) is 2.97. The minimum Gasteiger partial charge on any atom is -0.472 e. The molecule has 1 aromatic heterocycles. The van der Waals surface area contributed by atoms with Crippen LogP contribution in [-0.2, 0) is 11.2 Å². The van der Waals surface area contributed by atoms with Crippen molar-refractivity contribution in [1.82, 2.24) is 14.9 Å². The van der Waals surface area contributed by atoms with Crippen molar-refractivity contribution >= 4 is 5.91 Å². The Balaban J connectivity index is 1.55. The molecule has 1 aromatic carbocycles. The van der Waals surface area contributed by atoms with Gasteiger partial charge in [-0.3, -0.25) is 4.79 Å². The highest BCUT2D eigenvalue weighted by Gasteiger charge is 2.27. The molecule has 5 nitrogen and oxygen atoms in total. The summed E-state index contributed by atoms with van der Waals surface area (Å²) in [4.78, 5) is 22.2. The first-order valence-corrected chi connectivity index (χ1v) is 7.47. The smallest absolute Gasteiger partial charge is 0.227 e. The lowest BCUT2D eigenvalue weighted by Gasteiger charge is -2.17. The topological polar surface area (TPSA) is 55.3 Å². The van der Waals surface area contributed by atoms with Crippen LogP contribution < -0.4 is 4.74 Å². The van der Waals surface area contributed by atoms with Gasteiger partial charge < -0.3 is 9.64 Å². The van der Waals surface area contributed by atoms with Crippen LogP contribution in [0.4, 0.5) is 0 Å². The molecule has 0 saturated carbocycles. The quantitative estimate of drug-likeness (QED) is 0.866. The molecular formula is C17H19N3O2. The predicted octanol–water partition coefficient (Wildman–Crippen LogP) is 2.01. The summed E-state index contributed by atoms with van der Waals surface area (Å²) in [6, 6.07) is 9.81. The molecule has 5 heteroatoms. The summed E-state index contributed by atoms with van der Waals surface area (Å²) < 4.78 is 5.78. The van der Waals surface area contributed by atoms with Gasteiger partial charge in [0.1, 0.15) is 12.4 Å². The molecule has 2 aromatic rings. The summed E-state index contributed by atoms with van der Waals surface area (Å²) in [6.07, 6.45) is 4.41. The molecule has 0 spiro atoms. The fourth-order valence-electron chi connectivity index (χ4n) is 2.68. The van der Waals surface area contributed by atoms with Crippen molar-refractivity contribution in [2.45, 2.75) is 25.9 Å². The van der Waals surface area contributed by atoms with Crippen LogP contribution in [0.2, 0.25) is 0 Å². The third kappa shape index (κ3) is 3.61. The molecule has 0 aliphatic carbocycles. The Kier molecular flexibility index (Phi) is 4.32. The van der Waals surface area contributed by atoms with Gasteiger partial charge in [-0.15, -0.1) is 0 Å². The second-order valence-corrected chi connectivity index (χ2v) is 5.58. The zero-order valence-corrected chi connectivity index (χ0v) is 12.6. The minimum absolute atomic E-state index is 0.0105. The lowest BCUT2D eigenvalue weighted by molar-refractivity contribution is -0.129. The maximum absolute atomic E-state index is 12.4. The summed E-state index contributed by atoms with van der Waals surface area (Å²) in [6.45, 7) is 3.39. The number of hydrogen-bond donors (Lipinski definition) is 0. The highest BCUT2D eigenvalue weighted by Crippen LogP contribution is 2.17. The van der Waals surface area contributed by atoms with E-state index in [4.69, 9.17) is 4.74 Å². The van der Waals surface area contributed by atoms with E-state index in [2.05, 4.69) is 16.0 Å². The summed E-state index contributed by atoms with van der Waals surface area (Å²) >= 11 is 0. The van der Waals surface area contributed by atoms with E-state index in [1.807, 2.05) is 30.0 Å². The predicted molar refractivity (Wildman–Crippen MR) is 82.5 cm³/mol. The van der Waals surface area contributed by atoms with E-state index < -0.39 is 0 Å². The van der Waals surface area contributed by atoms with Crippen molar-refractivity contribution in [3.63, 3.8) is 0 Å². The number of aromatic nitrogens is 2. The van der Waals surface area contributed by atoms with E-state index in [1.54, 1.807) is 12.3 Å². The number of rotatable bonds is 4. The molecule has 1 aliphatic rings. The van der Waals surface area contributed by atoms with E-state index in [-0.39, 0.29) is 12.0 Å². The third-order valence-corrected chi connectivity index (χ3v) is 3.78. The molecule has 0 radical (unpaired) electrons. The van der Waals surface area contributed by atoms with Crippen molar-refractivity contribution in [1.29, 1.82) is 0 Å². The van der Waals surface area contributed by atoms with E-state index in [0.717, 1.165) is 18.5 Å². The molecular weight excluding hydrogens is 278 g/mol. The Hall–Kier alpha value is -2.43. The maximum Gasteiger partial charge on any atom is 0.227 e. The maximum atomic E-state index is 12.4. The van der Waals surface area contributed by atoms with E-state index in [1.165, 1.54) is 11.9 Å². The summed E-state index contributed by atoms with van der Waals surface area (Å²) in [5, 5.41) is 0. The minimum atomic E-state index is 0.0105. The number of benzene rings is 1. The lowest BCUT2D eigenvalue weighted by Crippen LogP contribution is -2.32. The molecule has 114 valence electrons. The summed E-state index contributed by atoms with van der Waals surface area (Å²) in [7, 11) is 0. The number of carbonyl (C=O) groups is 1. The summed E-state index contributed by atoms with van der Waals surface area (Å²) in [5.74, 6) is 0.715. The van der Waals surface area contributed by atoms with Crippen molar-refractivity contribution < 1.29 is 9.53 Å². The van der Waals surface area contributed by atoms with Crippen LogP contribution >= 0.6 is 0 Å². The number of carbonyl (C=O) groups excluding carboxylic acids is 1. The van der Waals surface area contributed by atoms with Gasteiger partial charge in [0.15, 0.2) is 0 Å². The van der Waals surface area contributed by atoms with Crippen LogP contribution in [0.15, 0.2) is 42.9 Å². The van der Waals surface area contributed by atoms with Crippen LogP contribution in [0.25, 0.3) is 0 Å². The SMILES string of the molecule is Cc1cccc(CC(=O)N2CC[C@@H](Oc3ccncn3)C2)c1. The third-order valence-electron chi connectivity index (χ3n) is 3.78. The normalized spacial score (nSPS) is 17.5. The average molecular weight is 297 g/mol. The fourth-order valence-corrected chi connectivity index (χ4v) is 2.68. The summed E-state index contributed by atoms with van der Waals surface area (Å²) in [5.41, 5.74) is 2.24. The largest absolute Gasteiger partial charge is 0.472 e. The Morgan fingerprint density at radius 2 is 2.32 bits per heavy atom. The Bertz CT molecular complexity index is 645. The molecule has 0 unspecified atom stereocenters. The van der Waals surface area contributed by atoms with Crippen molar-refractivity contribution in [2.24, 2.45) is 0 Å². The number of nitrogens with zero attached hydrogens (tertiary/aromatic N) is 3. The van der Waals surface area contributed by atoms with Crippen LogP contribution in [-0.4, -0.2) is 40.0 Å². The molecule has 1 aliphatic heterocycles. The van der Waals surface area contributed by atoms with Crippen LogP contribution in [0, 0.1) is 6.92 Å². The van der Waals surface area contributed by atoms with Gasteiger partial charge in [0, 0.05) is 25.2 Å². The number of amides is 1. The first-order chi connectivity index (χ1) is 10.7. The number of aryl methyl sites for hydroxylation is 1. The molecule has 3 rings (SSSR count). The standard InChI is InChI=1S/C17H19N3O2/c1-13-3-2-4-14(9-13)10-17(21)20-8-6-15(11-20)22-16-5-7-18-12-19-16/h2-5,7,9,12,15H,6,8,10-11H2,1H3/t15-/m1/s1. The van der Waals surface area contributed by atoms with E-state index in [0.29, 0.717) is 18.8 Å². The molecule has 1 atom stereocenters. The second-order valence-electron chi connectivity index (χ2n) is 5.58. The molecule has 1 amide bonds. The van der Waals surface area contributed by atoms with Crippen LogP contribution in [0.1, 0.15) is 17.5 Å². The van der Waals surface area contributed by atoms with Crippen molar-refractivity contribution in [2.75, 3.05) is 13.1 Å². The molecule has 1 saturated heterocycles. The van der Waals surface area contributed by atoms with Crippen LogP contribution in [0.3, 0.4) is 0 Å².